The van der Waals surface area contributed by atoms with E-state index in [1.54, 1.807) is 23.9 Å². The third-order valence-corrected chi connectivity index (χ3v) is 13.7. The van der Waals surface area contributed by atoms with Gasteiger partial charge in [0.25, 0.3) is 21.6 Å². The molecule has 3 heterocycles. The number of ether oxygens (including phenoxy) is 2. The Kier molecular flexibility index (Phi) is 12.3. The summed E-state index contributed by atoms with van der Waals surface area (Å²) in [7, 11) is -0.516. The topological polar surface area (TPSA) is 147 Å². The normalized spacial score (nSPS) is 16.5. The number of sulfonamides is 1. The van der Waals surface area contributed by atoms with Crippen molar-refractivity contribution < 1.29 is 27.6 Å². The number of amides is 1. The van der Waals surface area contributed by atoms with E-state index in [0.29, 0.717) is 18.2 Å². The van der Waals surface area contributed by atoms with Crippen LogP contribution in [0.15, 0.2) is 119 Å². The van der Waals surface area contributed by atoms with E-state index in [-0.39, 0.29) is 34.7 Å². The minimum absolute atomic E-state index is 0.141. The minimum Gasteiger partial charge on any atom is -0.454 e. The number of hydrogen-bond acceptors (Lipinski definition) is 12. The van der Waals surface area contributed by atoms with Crippen LogP contribution in [0.1, 0.15) is 34.3 Å². The number of rotatable bonds is 15. The molecule has 0 saturated carbocycles. The summed E-state index contributed by atoms with van der Waals surface area (Å²) in [6, 6.07) is 33.6. The zero-order valence-corrected chi connectivity index (χ0v) is 35.2. The fraction of sp³-hybridized carbons (Fsp3) is 0.311. The zero-order valence-electron chi connectivity index (χ0n) is 33.6. The van der Waals surface area contributed by atoms with Crippen LogP contribution in [0.5, 0.6) is 11.5 Å². The summed E-state index contributed by atoms with van der Waals surface area (Å²) in [6.07, 6.45) is 2.34. The third kappa shape index (κ3) is 9.39. The molecule has 8 rings (SSSR count). The SMILES string of the molecule is CN(C)CC[C@H](CSc1ccccc1)Nc1ccc(S(=O)(=O)NC(=O)c2ccc3c(c2)CC[C@@H]2CN(Cc4ccccc4-c4ccc5c(c4)OCO5)CCN32)cc1[N+](=O)[O-]. The number of piperazine rings is 1. The lowest BCUT2D eigenvalue weighted by Crippen LogP contribution is -2.54. The molecule has 3 aliphatic heterocycles. The van der Waals surface area contributed by atoms with Gasteiger partial charge in [-0.05, 0) is 117 Å². The molecule has 3 aliphatic rings. The molecule has 0 aliphatic carbocycles. The summed E-state index contributed by atoms with van der Waals surface area (Å²) in [6.45, 7) is 4.36. The van der Waals surface area contributed by atoms with Gasteiger partial charge in [0.15, 0.2) is 11.5 Å². The Bertz CT molecular complexity index is 2490. The second-order valence-corrected chi connectivity index (χ2v) is 18.4. The molecule has 2 atom stereocenters. The number of benzene rings is 5. The van der Waals surface area contributed by atoms with Crippen LogP contribution in [0, 0.1) is 10.1 Å². The van der Waals surface area contributed by atoms with Gasteiger partial charge >= 0.3 is 0 Å². The molecule has 0 aromatic heterocycles. The summed E-state index contributed by atoms with van der Waals surface area (Å²) in [5, 5.41) is 15.6. The van der Waals surface area contributed by atoms with Gasteiger partial charge in [0, 0.05) is 66.2 Å². The van der Waals surface area contributed by atoms with Crippen LogP contribution in [0.25, 0.3) is 11.1 Å². The van der Waals surface area contributed by atoms with Crippen molar-refractivity contribution in [2.75, 3.05) is 63.0 Å². The van der Waals surface area contributed by atoms with E-state index in [4.69, 9.17) is 9.47 Å². The fourth-order valence-electron chi connectivity index (χ4n) is 8.14. The van der Waals surface area contributed by atoms with Crippen molar-refractivity contribution in [3.63, 3.8) is 0 Å². The maximum absolute atomic E-state index is 13.5. The lowest BCUT2D eigenvalue weighted by atomic mass is 9.92. The van der Waals surface area contributed by atoms with Crippen molar-refractivity contribution in [1.82, 2.24) is 14.5 Å². The van der Waals surface area contributed by atoms with Gasteiger partial charge in [-0.25, -0.2) is 13.1 Å². The lowest BCUT2D eigenvalue weighted by molar-refractivity contribution is -0.384. The smallest absolute Gasteiger partial charge is 0.293 e. The highest BCUT2D eigenvalue weighted by molar-refractivity contribution is 7.99. The van der Waals surface area contributed by atoms with Gasteiger partial charge in [-0.15, -0.1) is 11.8 Å². The molecule has 5 aromatic rings. The van der Waals surface area contributed by atoms with Crippen LogP contribution in [0.3, 0.4) is 0 Å². The Morgan fingerprint density at radius 1 is 0.950 bits per heavy atom. The Hall–Kier alpha value is -5.61. The first-order valence-corrected chi connectivity index (χ1v) is 22.5. The molecule has 312 valence electrons. The number of anilines is 2. The number of nitrogens with one attached hydrogen (secondary N) is 2. The van der Waals surface area contributed by atoms with Gasteiger partial charge in [-0.2, -0.15) is 0 Å². The minimum atomic E-state index is -4.44. The maximum atomic E-state index is 13.5. The highest BCUT2D eigenvalue weighted by Crippen LogP contribution is 2.38. The van der Waals surface area contributed by atoms with Crippen LogP contribution >= 0.6 is 11.8 Å². The van der Waals surface area contributed by atoms with Crippen LogP contribution < -0.4 is 24.4 Å². The van der Waals surface area contributed by atoms with E-state index >= 15 is 0 Å². The van der Waals surface area contributed by atoms with Gasteiger partial charge in [0.2, 0.25) is 6.79 Å². The fourth-order valence-corrected chi connectivity index (χ4v) is 10.1. The summed E-state index contributed by atoms with van der Waals surface area (Å²) in [5.41, 5.74) is 5.57. The lowest BCUT2D eigenvalue weighted by Gasteiger charge is -2.46. The zero-order chi connectivity index (χ0) is 41.8. The number of fused-ring (bicyclic) bond motifs is 4. The van der Waals surface area contributed by atoms with Gasteiger partial charge in [-0.3, -0.25) is 19.8 Å². The maximum Gasteiger partial charge on any atom is 0.293 e. The predicted octanol–water partition coefficient (Wildman–Crippen LogP) is 7.27. The molecule has 1 amide bonds. The summed E-state index contributed by atoms with van der Waals surface area (Å²) < 4.78 is 40.4. The van der Waals surface area contributed by atoms with Crippen LogP contribution in [-0.4, -0.2) is 94.0 Å². The van der Waals surface area contributed by atoms with E-state index < -0.39 is 20.9 Å². The number of hydrogen-bond donors (Lipinski definition) is 2. The van der Waals surface area contributed by atoms with Crippen molar-refractivity contribution in [2.45, 2.75) is 47.7 Å². The van der Waals surface area contributed by atoms with Crippen LogP contribution in [0.2, 0.25) is 0 Å². The first kappa shape index (κ1) is 41.1. The number of carbonyl (C=O) groups excluding carboxylic acids is 1. The average molecular weight is 849 g/mol. The molecule has 1 saturated heterocycles. The molecule has 0 unspecified atom stereocenters. The Labute approximate surface area is 354 Å². The van der Waals surface area contributed by atoms with E-state index in [9.17, 15) is 23.3 Å². The first-order chi connectivity index (χ1) is 29.0. The monoisotopic (exact) mass is 848 g/mol. The molecule has 2 N–H and O–H groups in total. The van der Waals surface area contributed by atoms with Gasteiger partial charge in [0.05, 0.1) is 9.82 Å². The molecular formula is C45H48N6O7S2. The molecule has 1 fully saturated rings. The highest BCUT2D eigenvalue weighted by atomic mass is 32.2. The number of nitro benzene ring substituents is 1. The molecular weight excluding hydrogens is 801 g/mol. The molecule has 0 radical (unpaired) electrons. The van der Waals surface area contributed by atoms with E-state index in [0.717, 1.165) is 84.8 Å². The Balaban J connectivity index is 0.912. The first-order valence-electron chi connectivity index (χ1n) is 20.1. The summed E-state index contributed by atoms with van der Waals surface area (Å²) >= 11 is 1.64. The van der Waals surface area contributed by atoms with Gasteiger partial charge < -0.3 is 24.6 Å². The summed E-state index contributed by atoms with van der Waals surface area (Å²) in [4.78, 5) is 32.8. The van der Waals surface area contributed by atoms with E-state index in [1.165, 1.54) is 23.3 Å². The molecule has 0 bridgehead atoms. The number of nitrogens with zero attached hydrogens (tertiary/aromatic N) is 4. The molecule has 13 nitrogen and oxygen atoms in total. The second kappa shape index (κ2) is 17.9. The number of thioether (sulfide) groups is 1. The van der Waals surface area contributed by atoms with E-state index in [1.807, 2.05) is 67.5 Å². The van der Waals surface area contributed by atoms with Gasteiger partial charge in [-0.1, -0.05) is 48.5 Å². The van der Waals surface area contributed by atoms with Crippen LogP contribution in [0.4, 0.5) is 17.1 Å². The number of nitro groups is 1. The van der Waals surface area contributed by atoms with Crippen molar-refractivity contribution in [3.05, 3.63) is 136 Å². The molecule has 0 spiro atoms. The molecule has 15 heteroatoms. The van der Waals surface area contributed by atoms with Crippen LogP contribution in [-0.2, 0) is 23.0 Å². The Morgan fingerprint density at radius 2 is 1.75 bits per heavy atom. The quantitative estimate of drug-likeness (QED) is 0.0621. The second-order valence-electron chi connectivity index (χ2n) is 15.6. The van der Waals surface area contributed by atoms with E-state index in [2.05, 4.69) is 50.2 Å². The highest BCUT2D eigenvalue weighted by Gasteiger charge is 2.33. The average Bonchev–Trinajstić information content (AvgIpc) is 3.73. The van der Waals surface area contributed by atoms with Gasteiger partial charge in [0.1, 0.15) is 5.69 Å². The third-order valence-electron chi connectivity index (χ3n) is 11.2. The van der Waals surface area contributed by atoms with Crippen molar-refractivity contribution >= 4 is 44.8 Å². The standard InChI is InChI=1S/C45H48N6O7S2/c1-48(2)21-20-35(29-59-37-9-4-3-5-10-37)46-40-17-16-38(26-42(40)51(53)54)60(55,56)47-45(52)33-13-18-41-32(24-33)12-15-36-28-49(22-23-50(36)41)27-34-8-6-7-11-39(34)31-14-19-43-44(25-31)58-30-57-43/h3-11,13-14,16-19,24-26,35-36,46H,12,15,20-23,27-30H2,1-2H3,(H,47,52)/t35-,36-/m1/s1. The van der Waals surface area contributed by atoms with Crippen molar-refractivity contribution in [1.29, 1.82) is 0 Å². The Morgan fingerprint density at radius 3 is 2.57 bits per heavy atom. The molecule has 5 aromatic carbocycles. The predicted molar refractivity (Wildman–Crippen MR) is 235 cm³/mol. The van der Waals surface area contributed by atoms with Crippen molar-refractivity contribution in [2.24, 2.45) is 0 Å². The summed E-state index contributed by atoms with van der Waals surface area (Å²) in [5.74, 6) is 1.37. The number of carbonyl (C=O) groups is 1. The molecule has 60 heavy (non-hydrogen) atoms. The van der Waals surface area contributed by atoms with Crippen molar-refractivity contribution in [3.8, 4) is 22.6 Å². The number of aryl methyl sites for hydroxylation is 1. The largest absolute Gasteiger partial charge is 0.454 e.